The number of carbonyl (C=O) groups is 1. The third-order valence-corrected chi connectivity index (χ3v) is 1.70. The van der Waals surface area contributed by atoms with Crippen molar-refractivity contribution >= 4 is 5.97 Å². The third-order valence-electron chi connectivity index (χ3n) is 1.70. The van der Waals surface area contributed by atoms with Gasteiger partial charge in [-0.05, 0) is 0 Å². The molecule has 0 amide bonds. The molecule has 1 N–H and O–H groups in total. The van der Waals surface area contributed by atoms with Crippen molar-refractivity contribution in [3.63, 3.8) is 0 Å². The Labute approximate surface area is 64.4 Å². The van der Waals surface area contributed by atoms with Gasteiger partial charge in [-0.3, -0.25) is 4.79 Å². The summed E-state index contributed by atoms with van der Waals surface area (Å²) < 4.78 is 9.73. The van der Waals surface area contributed by atoms with Crippen LogP contribution in [0.1, 0.15) is 0 Å². The molecule has 1 aliphatic rings. The standard InChI is InChI=1S/C7H10O4/c1-2-7(6(8)9)3-10-5-11-4-7/h2H,1,3-5H2,(H,8,9). The third kappa shape index (κ3) is 1.41. The maximum atomic E-state index is 10.7. The van der Waals surface area contributed by atoms with Gasteiger partial charge in [-0.25, -0.2) is 0 Å². The maximum Gasteiger partial charge on any atom is 0.318 e. The lowest BCUT2D eigenvalue weighted by Crippen LogP contribution is -2.42. The summed E-state index contributed by atoms with van der Waals surface area (Å²) in [6.45, 7) is 3.90. The minimum atomic E-state index is -1.04. The highest BCUT2D eigenvalue weighted by molar-refractivity contribution is 5.77. The number of hydrogen-bond acceptors (Lipinski definition) is 3. The van der Waals surface area contributed by atoms with Crippen LogP contribution in [-0.4, -0.2) is 31.1 Å². The molecule has 4 heteroatoms. The molecule has 1 saturated heterocycles. The number of carboxylic acid groups (broad SMARTS) is 1. The van der Waals surface area contributed by atoms with E-state index in [4.69, 9.17) is 14.6 Å². The van der Waals surface area contributed by atoms with Crippen molar-refractivity contribution < 1.29 is 19.4 Å². The Kier molecular flexibility index (Phi) is 2.26. The Hall–Kier alpha value is -0.870. The number of hydrogen-bond donors (Lipinski definition) is 1. The van der Waals surface area contributed by atoms with Crippen LogP contribution in [0.2, 0.25) is 0 Å². The highest BCUT2D eigenvalue weighted by Gasteiger charge is 2.38. The van der Waals surface area contributed by atoms with E-state index in [0.717, 1.165) is 0 Å². The van der Waals surface area contributed by atoms with Gasteiger partial charge in [0, 0.05) is 0 Å². The summed E-state index contributed by atoms with van der Waals surface area (Å²) in [4.78, 5) is 10.7. The van der Waals surface area contributed by atoms with Crippen LogP contribution in [0.4, 0.5) is 0 Å². The van der Waals surface area contributed by atoms with E-state index in [1.54, 1.807) is 0 Å². The molecule has 0 saturated carbocycles. The fourth-order valence-electron chi connectivity index (χ4n) is 0.877. The second-order valence-corrected chi connectivity index (χ2v) is 2.48. The lowest BCUT2D eigenvalue weighted by molar-refractivity contribution is -0.180. The summed E-state index contributed by atoms with van der Waals surface area (Å²) in [5.41, 5.74) is -1.04. The normalized spacial score (nSPS) is 22.5. The fraction of sp³-hybridized carbons (Fsp3) is 0.571. The van der Waals surface area contributed by atoms with E-state index in [9.17, 15) is 4.79 Å². The first-order valence-corrected chi connectivity index (χ1v) is 3.24. The van der Waals surface area contributed by atoms with Crippen LogP contribution in [0.5, 0.6) is 0 Å². The molecule has 0 aromatic heterocycles. The van der Waals surface area contributed by atoms with E-state index in [-0.39, 0.29) is 20.0 Å². The van der Waals surface area contributed by atoms with E-state index in [1.807, 2.05) is 0 Å². The predicted molar refractivity (Wildman–Crippen MR) is 37.0 cm³/mol. The van der Waals surface area contributed by atoms with Crippen molar-refractivity contribution in [2.45, 2.75) is 0 Å². The zero-order valence-electron chi connectivity index (χ0n) is 6.08. The molecule has 4 nitrogen and oxygen atoms in total. The summed E-state index contributed by atoms with van der Waals surface area (Å²) in [6.07, 6.45) is 1.36. The first kappa shape index (κ1) is 8.23. The van der Waals surface area contributed by atoms with Crippen LogP contribution in [0, 0.1) is 5.41 Å². The van der Waals surface area contributed by atoms with Crippen LogP contribution in [0.25, 0.3) is 0 Å². The molecular weight excluding hydrogens is 148 g/mol. The first-order valence-electron chi connectivity index (χ1n) is 3.24. The molecule has 1 rings (SSSR count). The monoisotopic (exact) mass is 158 g/mol. The molecule has 0 unspecified atom stereocenters. The summed E-state index contributed by atoms with van der Waals surface area (Å²) in [5, 5.41) is 8.76. The van der Waals surface area contributed by atoms with Gasteiger partial charge in [0.1, 0.15) is 12.2 Å². The molecule has 0 aliphatic carbocycles. The summed E-state index contributed by atoms with van der Waals surface area (Å²) in [5.74, 6) is -0.952. The second-order valence-electron chi connectivity index (χ2n) is 2.48. The van der Waals surface area contributed by atoms with Crippen LogP contribution in [0.3, 0.4) is 0 Å². The average molecular weight is 158 g/mol. The predicted octanol–water partition coefficient (Wildman–Crippen LogP) is 0.248. The van der Waals surface area contributed by atoms with Gasteiger partial charge in [-0.2, -0.15) is 0 Å². The summed E-state index contributed by atoms with van der Waals surface area (Å²) >= 11 is 0. The Bertz CT molecular complexity index is 169. The molecule has 62 valence electrons. The van der Waals surface area contributed by atoms with Crippen LogP contribution in [0.15, 0.2) is 12.7 Å². The van der Waals surface area contributed by atoms with E-state index in [2.05, 4.69) is 6.58 Å². The molecule has 11 heavy (non-hydrogen) atoms. The Morgan fingerprint density at radius 2 is 2.09 bits per heavy atom. The molecule has 1 heterocycles. The lowest BCUT2D eigenvalue weighted by Gasteiger charge is -2.29. The van der Waals surface area contributed by atoms with Crippen molar-refractivity contribution in [2.75, 3.05) is 20.0 Å². The molecule has 0 radical (unpaired) electrons. The lowest BCUT2D eigenvalue weighted by atomic mass is 9.90. The highest BCUT2D eigenvalue weighted by atomic mass is 16.7. The van der Waals surface area contributed by atoms with Crippen LogP contribution in [-0.2, 0) is 14.3 Å². The van der Waals surface area contributed by atoms with Gasteiger partial charge in [0.2, 0.25) is 0 Å². The van der Waals surface area contributed by atoms with Crippen molar-refractivity contribution in [1.82, 2.24) is 0 Å². The van der Waals surface area contributed by atoms with Gasteiger partial charge in [0.25, 0.3) is 0 Å². The zero-order valence-corrected chi connectivity index (χ0v) is 6.08. The fourth-order valence-corrected chi connectivity index (χ4v) is 0.877. The Morgan fingerprint density at radius 1 is 1.55 bits per heavy atom. The molecule has 1 fully saturated rings. The summed E-state index contributed by atoms with van der Waals surface area (Å²) in [6, 6.07) is 0. The Balaban J connectivity index is 2.72. The molecular formula is C7H10O4. The summed E-state index contributed by atoms with van der Waals surface area (Å²) in [7, 11) is 0. The van der Waals surface area contributed by atoms with Gasteiger partial charge in [-0.15, -0.1) is 6.58 Å². The minimum absolute atomic E-state index is 0.145. The van der Waals surface area contributed by atoms with Gasteiger partial charge < -0.3 is 14.6 Å². The van der Waals surface area contributed by atoms with E-state index >= 15 is 0 Å². The molecule has 0 atom stereocenters. The van der Waals surface area contributed by atoms with Gasteiger partial charge in [0.15, 0.2) is 0 Å². The topological polar surface area (TPSA) is 55.8 Å². The van der Waals surface area contributed by atoms with E-state index in [0.29, 0.717) is 0 Å². The number of carboxylic acids is 1. The molecule has 0 bridgehead atoms. The maximum absolute atomic E-state index is 10.7. The van der Waals surface area contributed by atoms with Gasteiger partial charge in [-0.1, -0.05) is 6.08 Å². The number of aliphatic carboxylic acids is 1. The smallest absolute Gasteiger partial charge is 0.318 e. The molecule has 0 aromatic rings. The van der Waals surface area contributed by atoms with Crippen LogP contribution < -0.4 is 0 Å². The largest absolute Gasteiger partial charge is 0.480 e. The Morgan fingerprint density at radius 3 is 2.36 bits per heavy atom. The molecule has 0 spiro atoms. The van der Waals surface area contributed by atoms with Gasteiger partial charge >= 0.3 is 5.97 Å². The van der Waals surface area contributed by atoms with E-state index < -0.39 is 11.4 Å². The average Bonchev–Trinajstić information content (AvgIpc) is 2.05. The number of ether oxygens (including phenoxy) is 2. The van der Waals surface area contributed by atoms with E-state index in [1.165, 1.54) is 6.08 Å². The molecule has 1 aliphatic heterocycles. The van der Waals surface area contributed by atoms with Crippen molar-refractivity contribution in [2.24, 2.45) is 5.41 Å². The minimum Gasteiger partial charge on any atom is -0.480 e. The van der Waals surface area contributed by atoms with Crippen molar-refractivity contribution in [1.29, 1.82) is 0 Å². The highest BCUT2D eigenvalue weighted by Crippen LogP contribution is 2.23. The van der Waals surface area contributed by atoms with Crippen molar-refractivity contribution in [3.8, 4) is 0 Å². The van der Waals surface area contributed by atoms with Crippen LogP contribution >= 0.6 is 0 Å². The number of rotatable bonds is 2. The second kappa shape index (κ2) is 3.02. The first-order chi connectivity index (χ1) is 5.21. The quantitative estimate of drug-likeness (QED) is 0.585. The SMILES string of the molecule is C=CC1(C(=O)O)COCOC1. The zero-order chi connectivity index (χ0) is 8.32. The van der Waals surface area contributed by atoms with Crippen molar-refractivity contribution in [3.05, 3.63) is 12.7 Å². The molecule has 0 aromatic carbocycles. The van der Waals surface area contributed by atoms with Gasteiger partial charge in [0.05, 0.1) is 13.2 Å².